The lowest BCUT2D eigenvalue weighted by Crippen LogP contribution is -2.42. The molecule has 0 spiro atoms. The summed E-state index contributed by atoms with van der Waals surface area (Å²) < 4.78 is 32.7. The average Bonchev–Trinajstić information content (AvgIpc) is 2.65. The van der Waals surface area contributed by atoms with E-state index in [-0.39, 0.29) is 23.8 Å². The first kappa shape index (κ1) is 19.8. The summed E-state index contributed by atoms with van der Waals surface area (Å²) in [6.07, 6.45) is 1.19. The molecule has 0 bridgehead atoms. The van der Waals surface area contributed by atoms with Gasteiger partial charge in [-0.2, -0.15) is 4.98 Å². The van der Waals surface area contributed by atoms with Gasteiger partial charge in [0.25, 0.3) is 0 Å². The van der Waals surface area contributed by atoms with E-state index >= 15 is 0 Å². The summed E-state index contributed by atoms with van der Waals surface area (Å²) in [6.45, 7) is 5.09. The summed E-state index contributed by atoms with van der Waals surface area (Å²) in [5.74, 6) is -0.770. The second-order valence-corrected chi connectivity index (χ2v) is 6.54. The van der Waals surface area contributed by atoms with Crippen LogP contribution in [0.1, 0.15) is 25.5 Å². The lowest BCUT2D eigenvalue weighted by Gasteiger charge is -2.31. The van der Waals surface area contributed by atoms with Crippen LogP contribution < -0.4 is 10.6 Å². The second-order valence-electron chi connectivity index (χ2n) is 6.54. The Bertz CT molecular complexity index is 821. The number of piperidine rings is 1. The molecule has 0 aliphatic carbocycles. The number of amides is 1. The Balaban J connectivity index is 1.65. The van der Waals surface area contributed by atoms with E-state index in [0.717, 1.165) is 25.0 Å². The summed E-state index contributed by atoms with van der Waals surface area (Å²) in [4.78, 5) is 22.0. The molecule has 1 amide bonds. The summed E-state index contributed by atoms with van der Waals surface area (Å²) in [5, 5.41) is 5.92. The highest BCUT2D eigenvalue weighted by Gasteiger charge is 2.24. The highest BCUT2D eigenvalue weighted by Crippen LogP contribution is 2.23. The van der Waals surface area contributed by atoms with Crippen molar-refractivity contribution >= 4 is 23.5 Å². The van der Waals surface area contributed by atoms with Crippen molar-refractivity contribution in [3.05, 3.63) is 41.6 Å². The molecule has 2 heterocycles. The molecule has 1 fully saturated rings. The van der Waals surface area contributed by atoms with Crippen molar-refractivity contribution in [2.45, 2.75) is 32.7 Å². The Morgan fingerprint density at radius 3 is 2.57 bits per heavy atom. The van der Waals surface area contributed by atoms with Gasteiger partial charge in [0.2, 0.25) is 5.95 Å². The molecule has 2 aromatic rings. The van der Waals surface area contributed by atoms with Crippen molar-refractivity contribution in [1.29, 1.82) is 0 Å². The van der Waals surface area contributed by atoms with Crippen molar-refractivity contribution in [2.24, 2.45) is 0 Å². The number of hydrogen-bond acceptors (Lipinski definition) is 6. The number of nitrogens with zero attached hydrogens (tertiary/aromatic N) is 3. The minimum Gasteiger partial charge on any atom is -0.450 e. The lowest BCUT2D eigenvalue weighted by molar-refractivity contribution is 0.0983. The topological polar surface area (TPSA) is 79.4 Å². The molecule has 9 heteroatoms. The van der Waals surface area contributed by atoms with Crippen LogP contribution in [0.25, 0.3) is 0 Å². The number of carbonyl (C=O) groups excluding carboxylic acids is 1. The minimum atomic E-state index is -0.717. The summed E-state index contributed by atoms with van der Waals surface area (Å²) in [7, 11) is 0. The molecule has 1 aromatic heterocycles. The standard InChI is InChI=1S/C19H23F2N5O2/c1-3-28-19(27)26-9-7-13(8-10-26)23-16-11-12(2)22-18(24-16)25-17-14(20)5-4-6-15(17)21/h4-6,11,13H,3,7-10H2,1-2H3,(H2,22,23,24,25). The lowest BCUT2D eigenvalue weighted by atomic mass is 10.1. The van der Waals surface area contributed by atoms with E-state index < -0.39 is 11.6 Å². The highest BCUT2D eigenvalue weighted by molar-refractivity contribution is 5.67. The highest BCUT2D eigenvalue weighted by atomic mass is 19.1. The molecule has 150 valence electrons. The number of anilines is 3. The fourth-order valence-electron chi connectivity index (χ4n) is 3.06. The zero-order valence-electron chi connectivity index (χ0n) is 15.8. The molecule has 3 rings (SSSR count). The quantitative estimate of drug-likeness (QED) is 0.806. The predicted octanol–water partition coefficient (Wildman–Crippen LogP) is 3.84. The van der Waals surface area contributed by atoms with Gasteiger partial charge in [-0.25, -0.2) is 18.6 Å². The van der Waals surface area contributed by atoms with Crippen LogP contribution in [0, 0.1) is 18.6 Å². The van der Waals surface area contributed by atoms with Gasteiger partial charge in [0.15, 0.2) is 0 Å². The Hall–Kier alpha value is -2.97. The van der Waals surface area contributed by atoms with Crippen molar-refractivity contribution in [3.8, 4) is 0 Å². The number of benzene rings is 1. The van der Waals surface area contributed by atoms with Crippen molar-refractivity contribution in [1.82, 2.24) is 14.9 Å². The SMILES string of the molecule is CCOC(=O)N1CCC(Nc2cc(C)nc(Nc3c(F)cccc3F)n2)CC1. The van der Waals surface area contributed by atoms with Crippen molar-refractivity contribution < 1.29 is 18.3 Å². The molecule has 28 heavy (non-hydrogen) atoms. The molecule has 0 saturated carbocycles. The third-order valence-electron chi connectivity index (χ3n) is 4.43. The van der Waals surface area contributed by atoms with Crippen LogP contribution in [0.5, 0.6) is 0 Å². The van der Waals surface area contributed by atoms with Gasteiger partial charge in [-0.3, -0.25) is 0 Å². The van der Waals surface area contributed by atoms with Crippen LogP contribution in [0.3, 0.4) is 0 Å². The summed E-state index contributed by atoms with van der Waals surface area (Å²) >= 11 is 0. The third kappa shape index (κ3) is 4.85. The molecule has 1 aliphatic heterocycles. The second kappa shape index (κ2) is 8.81. The van der Waals surface area contributed by atoms with Crippen LogP contribution in [0.4, 0.5) is 31.0 Å². The maximum Gasteiger partial charge on any atom is 0.409 e. The van der Waals surface area contributed by atoms with Gasteiger partial charge < -0.3 is 20.3 Å². The molecular formula is C19H23F2N5O2. The average molecular weight is 391 g/mol. The molecular weight excluding hydrogens is 368 g/mol. The van der Waals surface area contributed by atoms with Crippen LogP contribution in [-0.2, 0) is 4.74 Å². The Labute approximate surface area is 162 Å². The smallest absolute Gasteiger partial charge is 0.409 e. The fraction of sp³-hybridized carbons (Fsp3) is 0.421. The van der Waals surface area contributed by atoms with E-state index in [0.29, 0.717) is 31.2 Å². The van der Waals surface area contributed by atoms with Gasteiger partial charge in [-0.15, -0.1) is 0 Å². The number of nitrogens with one attached hydrogen (secondary N) is 2. The van der Waals surface area contributed by atoms with Gasteiger partial charge in [-0.1, -0.05) is 6.07 Å². The Morgan fingerprint density at radius 1 is 1.25 bits per heavy atom. The molecule has 1 saturated heterocycles. The van der Waals surface area contributed by atoms with Gasteiger partial charge in [0.05, 0.1) is 6.61 Å². The van der Waals surface area contributed by atoms with Crippen LogP contribution >= 0.6 is 0 Å². The van der Waals surface area contributed by atoms with Gasteiger partial charge in [0.1, 0.15) is 23.1 Å². The van der Waals surface area contributed by atoms with Gasteiger partial charge in [-0.05, 0) is 38.8 Å². The number of rotatable bonds is 5. The van der Waals surface area contributed by atoms with Gasteiger partial charge >= 0.3 is 6.09 Å². The Morgan fingerprint density at radius 2 is 1.93 bits per heavy atom. The normalized spacial score (nSPS) is 14.6. The van der Waals surface area contributed by atoms with E-state index in [9.17, 15) is 13.6 Å². The first-order chi connectivity index (χ1) is 13.5. The number of aryl methyl sites for hydroxylation is 1. The Kier molecular flexibility index (Phi) is 6.23. The zero-order chi connectivity index (χ0) is 20.1. The van der Waals surface area contributed by atoms with Crippen LogP contribution in [0.15, 0.2) is 24.3 Å². The number of hydrogen-bond donors (Lipinski definition) is 2. The number of carbonyl (C=O) groups is 1. The molecule has 2 N–H and O–H groups in total. The molecule has 1 aromatic carbocycles. The van der Waals surface area contributed by atoms with Gasteiger partial charge in [0, 0.05) is 30.9 Å². The van der Waals surface area contributed by atoms with E-state index in [2.05, 4.69) is 20.6 Å². The summed E-state index contributed by atoms with van der Waals surface area (Å²) in [6, 6.07) is 5.51. The molecule has 0 unspecified atom stereocenters. The summed E-state index contributed by atoms with van der Waals surface area (Å²) in [5.41, 5.74) is 0.363. The molecule has 7 nitrogen and oxygen atoms in total. The largest absolute Gasteiger partial charge is 0.450 e. The van der Waals surface area contributed by atoms with Crippen LogP contribution in [0.2, 0.25) is 0 Å². The number of aromatic nitrogens is 2. The van der Waals surface area contributed by atoms with Crippen LogP contribution in [-0.4, -0.2) is 46.7 Å². The molecule has 0 atom stereocenters. The maximum absolute atomic E-state index is 13.9. The molecule has 1 aliphatic rings. The van der Waals surface area contributed by atoms with E-state index in [1.54, 1.807) is 24.8 Å². The van der Waals surface area contributed by atoms with E-state index in [1.807, 2.05) is 0 Å². The maximum atomic E-state index is 13.9. The van der Waals surface area contributed by atoms with Crippen molar-refractivity contribution in [3.63, 3.8) is 0 Å². The first-order valence-electron chi connectivity index (χ1n) is 9.21. The van der Waals surface area contributed by atoms with E-state index in [4.69, 9.17) is 4.74 Å². The number of para-hydroxylation sites is 1. The number of halogens is 2. The predicted molar refractivity (Wildman–Crippen MR) is 102 cm³/mol. The first-order valence-corrected chi connectivity index (χ1v) is 9.21. The minimum absolute atomic E-state index is 0.107. The van der Waals surface area contributed by atoms with Crippen molar-refractivity contribution in [2.75, 3.05) is 30.3 Å². The monoisotopic (exact) mass is 391 g/mol. The fourth-order valence-corrected chi connectivity index (χ4v) is 3.06. The van der Waals surface area contributed by atoms with E-state index in [1.165, 1.54) is 6.07 Å². The molecule has 0 radical (unpaired) electrons. The third-order valence-corrected chi connectivity index (χ3v) is 4.43. The zero-order valence-corrected chi connectivity index (χ0v) is 15.8. The number of likely N-dealkylation sites (tertiary alicyclic amines) is 1. The number of ether oxygens (including phenoxy) is 1.